The molecule has 0 saturated heterocycles. The van der Waals surface area contributed by atoms with E-state index in [4.69, 9.17) is 9.47 Å². The van der Waals surface area contributed by atoms with Gasteiger partial charge >= 0.3 is 23.9 Å². The molecule has 10 nitrogen and oxygen atoms in total. The van der Waals surface area contributed by atoms with E-state index in [1.54, 1.807) is 10.8 Å². The van der Waals surface area contributed by atoms with Crippen LogP contribution in [0.5, 0.6) is 0 Å². The number of esters is 4. The highest BCUT2D eigenvalue weighted by Crippen LogP contribution is 2.08. The number of hydrogen-bond donors (Lipinski definition) is 0. The first kappa shape index (κ1) is 20.6. The second-order valence-electron chi connectivity index (χ2n) is 4.64. The Bertz CT molecular complexity index is 636. The molecule has 1 rings (SSSR count). The Morgan fingerprint density at radius 1 is 0.885 bits per heavy atom. The molecule has 140 valence electrons. The van der Waals surface area contributed by atoms with E-state index in [1.807, 2.05) is 0 Å². The molecule has 0 atom stereocenters. The monoisotopic (exact) mass is 366 g/mol. The Labute approximate surface area is 149 Å². The molecule has 0 spiro atoms. The second-order valence-corrected chi connectivity index (χ2v) is 4.64. The third-order valence-corrected chi connectivity index (χ3v) is 2.90. The number of methoxy groups -OCH3 is 2. The summed E-state index contributed by atoms with van der Waals surface area (Å²) in [7, 11) is 2.35. The van der Waals surface area contributed by atoms with Gasteiger partial charge in [0.1, 0.15) is 19.3 Å². The predicted octanol–water partition coefficient (Wildman–Crippen LogP) is -0.0310. The maximum absolute atomic E-state index is 11.6. The molecule has 0 aliphatic carbocycles. The average Bonchev–Trinajstić information content (AvgIpc) is 3.18. The van der Waals surface area contributed by atoms with Gasteiger partial charge in [-0.2, -0.15) is 0 Å². The number of hydrogen-bond acceptors (Lipinski definition) is 9. The Morgan fingerprint density at radius 2 is 1.35 bits per heavy atom. The number of carbonyl (C=O) groups is 4. The van der Waals surface area contributed by atoms with E-state index >= 15 is 0 Å². The zero-order valence-electron chi connectivity index (χ0n) is 14.2. The molecular weight excluding hydrogens is 348 g/mol. The summed E-state index contributed by atoms with van der Waals surface area (Å²) >= 11 is 0. The van der Waals surface area contributed by atoms with Crippen LogP contribution in [0.4, 0.5) is 0 Å². The van der Waals surface area contributed by atoms with Gasteiger partial charge in [-0.1, -0.05) is 0 Å². The zero-order valence-corrected chi connectivity index (χ0v) is 14.2. The van der Waals surface area contributed by atoms with Gasteiger partial charge in [0.25, 0.3) is 0 Å². The van der Waals surface area contributed by atoms with E-state index in [1.165, 1.54) is 26.7 Å². The molecule has 0 radical (unpaired) electrons. The molecule has 0 amide bonds. The quantitative estimate of drug-likeness (QED) is 0.337. The Balaban J connectivity index is 2.58. The summed E-state index contributed by atoms with van der Waals surface area (Å²) in [4.78, 5) is 48.9. The highest BCUT2D eigenvalue weighted by molar-refractivity contribution is 5.92. The zero-order chi connectivity index (χ0) is 19.4. The van der Waals surface area contributed by atoms with Gasteiger partial charge in [0.15, 0.2) is 0 Å². The summed E-state index contributed by atoms with van der Waals surface area (Å²) in [6.45, 7) is -0.288. The minimum absolute atomic E-state index is 0.144. The van der Waals surface area contributed by atoms with Crippen LogP contribution in [0.3, 0.4) is 0 Å². The Morgan fingerprint density at radius 3 is 1.73 bits per heavy atom. The van der Waals surface area contributed by atoms with Crippen LogP contribution in [0, 0.1) is 0 Å². The topological polar surface area (TPSA) is 123 Å². The fraction of sp³-hybridized carbons (Fsp3) is 0.312. The highest BCUT2D eigenvalue weighted by atomic mass is 16.5. The molecule has 1 aromatic heterocycles. The molecule has 1 aromatic rings. The van der Waals surface area contributed by atoms with Crippen molar-refractivity contribution < 1.29 is 38.1 Å². The van der Waals surface area contributed by atoms with Gasteiger partial charge in [-0.3, -0.25) is 0 Å². The first-order valence-corrected chi connectivity index (χ1v) is 7.29. The molecule has 1 heterocycles. The van der Waals surface area contributed by atoms with Gasteiger partial charge < -0.3 is 23.5 Å². The first-order chi connectivity index (χ1) is 12.5. The molecule has 0 saturated carbocycles. The van der Waals surface area contributed by atoms with Crippen LogP contribution in [-0.4, -0.2) is 60.9 Å². The fourth-order valence-electron chi connectivity index (χ4n) is 1.57. The lowest BCUT2D eigenvalue weighted by Crippen LogP contribution is -2.23. The third-order valence-electron chi connectivity index (χ3n) is 2.90. The lowest BCUT2D eigenvalue weighted by Gasteiger charge is -2.17. The smallest absolute Gasteiger partial charge is 0.331 e. The van der Waals surface area contributed by atoms with E-state index in [2.05, 4.69) is 14.5 Å². The van der Waals surface area contributed by atoms with Crippen LogP contribution in [0.1, 0.15) is 6.04 Å². The van der Waals surface area contributed by atoms with Crippen molar-refractivity contribution >= 4 is 23.9 Å². The van der Waals surface area contributed by atoms with Gasteiger partial charge in [-0.05, 0) is 0 Å². The van der Waals surface area contributed by atoms with Crippen LogP contribution < -0.4 is 0 Å². The molecule has 0 aromatic carbocycles. The first-order valence-electron chi connectivity index (χ1n) is 7.29. The van der Waals surface area contributed by atoms with Crippen molar-refractivity contribution in [2.24, 2.45) is 0 Å². The summed E-state index contributed by atoms with van der Waals surface area (Å²) in [5.74, 6) is -2.92. The summed E-state index contributed by atoms with van der Waals surface area (Å²) < 4.78 is 20.3. The van der Waals surface area contributed by atoms with E-state index < -0.39 is 29.9 Å². The number of nitrogens with zero attached hydrogens (tertiary/aromatic N) is 2. The minimum Gasteiger partial charge on any atom is -0.466 e. The number of rotatable bonds is 9. The Hall–Kier alpha value is -3.43. The van der Waals surface area contributed by atoms with Crippen LogP contribution in [0.2, 0.25) is 0 Å². The number of ether oxygens (including phenoxy) is 4. The van der Waals surface area contributed by atoms with Crippen LogP contribution in [-0.2, 0) is 38.1 Å². The van der Waals surface area contributed by atoms with Crippen LogP contribution in [0.25, 0.3) is 0 Å². The van der Waals surface area contributed by atoms with Crippen LogP contribution in [0.15, 0.2) is 43.0 Å². The number of carbonyl (C=O) groups excluding carboxylic acids is 4. The normalized spacial score (nSPS) is 10.9. The molecule has 0 bridgehead atoms. The van der Waals surface area contributed by atoms with Crippen molar-refractivity contribution in [2.45, 2.75) is 6.04 Å². The van der Waals surface area contributed by atoms with Crippen molar-refractivity contribution in [1.82, 2.24) is 9.55 Å². The van der Waals surface area contributed by atoms with E-state index in [0.717, 1.165) is 24.3 Å². The molecule has 10 heteroatoms. The summed E-state index contributed by atoms with van der Waals surface area (Å²) in [6, 6.07) is -0.552. The van der Waals surface area contributed by atoms with Crippen molar-refractivity contribution in [1.29, 1.82) is 0 Å². The standard InChI is InChI=1S/C16H18N2O8/c1-23-13(19)3-5-15(21)25-9-12(18-8-7-17-11-18)10-26-16(22)6-4-14(20)24-2/h3-8,11-12H,9-10H2,1-2H3/b5-3+,6-4+. The maximum atomic E-state index is 11.6. The van der Waals surface area contributed by atoms with Gasteiger partial charge in [0.05, 0.1) is 20.5 Å². The summed E-state index contributed by atoms with van der Waals surface area (Å²) in [5, 5.41) is 0. The van der Waals surface area contributed by atoms with E-state index in [0.29, 0.717) is 0 Å². The SMILES string of the molecule is COC(=O)/C=C/C(=O)OCC(COC(=O)/C=C/C(=O)OC)n1ccnc1. The number of aromatic nitrogens is 2. The second kappa shape index (κ2) is 11.2. The minimum atomic E-state index is -0.766. The molecule has 0 fully saturated rings. The highest BCUT2D eigenvalue weighted by Gasteiger charge is 2.15. The van der Waals surface area contributed by atoms with Crippen molar-refractivity contribution in [3.63, 3.8) is 0 Å². The average molecular weight is 366 g/mol. The number of imidazole rings is 1. The van der Waals surface area contributed by atoms with E-state index in [-0.39, 0.29) is 13.2 Å². The van der Waals surface area contributed by atoms with Gasteiger partial charge in [-0.25, -0.2) is 24.2 Å². The van der Waals surface area contributed by atoms with Crippen molar-refractivity contribution in [3.05, 3.63) is 43.0 Å². The predicted molar refractivity (Wildman–Crippen MR) is 85.5 cm³/mol. The molecule has 0 unspecified atom stereocenters. The molecule has 0 N–H and O–H groups in total. The molecular formula is C16H18N2O8. The molecule has 0 aliphatic rings. The fourth-order valence-corrected chi connectivity index (χ4v) is 1.57. The third kappa shape index (κ3) is 7.90. The lowest BCUT2D eigenvalue weighted by atomic mass is 10.3. The van der Waals surface area contributed by atoms with E-state index in [9.17, 15) is 19.2 Å². The van der Waals surface area contributed by atoms with Crippen molar-refractivity contribution in [2.75, 3.05) is 27.4 Å². The van der Waals surface area contributed by atoms with Crippen LogP contribution >= 0.6 is 0 Å². The molecule has 26 heavy (non-hydrogen) atoms. The Kier molecular flexibility index (Phi) is 8.87. The van der Waals surface area contributed by atoms with Gasteiger partial charge in [0, 0.05) is 36.7 Å². The lowest BCUT2D eigenvalue weighted by molar-refractivity contribution is -0.143. The van der Waals surface area contributed by atoms with Crippen molar-refractivity contribution in [3.8, 4) is 0 Å². The van der Waals surface area contributed by atoms with Gasteiger partial charge in [-0.15, -0.1) is 0 Å². The maximum Gasteiger partial charge on any atom is 0.331 e. The largest absolute Gasteiger partial charge is 0.466 e. The molecule has 0 aliphatic heterocycles. The summed E-state index contributed by atoms with van der Waals surface area (Å²) in [6.07, 6.45) is 8.25. The van der Waals surface area contributed by atoms with Gasteiger partial charge in [0.2, 0.25) is 0 Å². The summed E-state index contributed by atoms with van der Waals surface area (Å²) in [5.41, 5.74) is 0.